The zero-order chi connectivity index (χ0) is 13.2. The van der Waals surface area contributed by atoms with Crippen LogP contribution >= 0.6 is 0 Å². The van der Waals surface area contributed by atoms with Gasteiger partial charge in [0.15, 0.2) is 11.6 Å². The number of carbonyl (C=O) groups excluding carboxylic acids is 1. The third kappa shape index (κ3) is 5.52. The van der Waals surface area contributed by atoms with Crippen LogP contribution in [-0.4, -0.2) is 24.2 Å². The highest BCUT2D eigenvalue weighted by molar-refractivity contribution is 5.69. The van der Waals surface area contributed by atoms with Crippen LogP contribution in [-0.2, 0) is 9.53 Å². The average molecular weight is 252 g/mol. The first kappa shape index (κ1) is 14.3. The fraction of sp³-hybridized carbons (Fsp3) is 0.538. The summed E-state index contributed by atoms with van der Waals surface area (Å²) in [6, 6.07) is 3.58. The van der Waals surface area contributed by atoms with Gasteiger partial charge in [0.2, 0.25) is 0 Å². The quantitative estimate of drug-likeness (QED) is 0.567. The van der Waals surface area contributed by atoms with E-state index < -0.39 is 0 Å². The minimum absolute atomic E-state index is 0.130. The van der Waals surface area contributed by atoms with E-state index in [-0.39, 0.29) is 5.97 Å². The van der Waals surface area contributed by atoms with Crippen molar-refractivity contribution in [3.8, 4) is 5.75 Å². The van der Waals surface area contributed by atoms with Crippen LogP contribution in [0.1, 0.15) is 32.6 Å². The van der Waals surface area contributed by atoms with Crippen molar-refractivity contribution < 1.29 is 14.3 Å². The number of unbranched alkanes of at least 4 members (excludes halogenated alkanes) is 2. The van der Waals surface area contributed by atoms with E-state index in [9.17, 15) is 4.79 Å². The van der Waals surface area contributed by atoms with Crippen molar-refractivity contribution >= 4 is 11.8 Å². The van der Waals surface area contributed by atoms with E-state index in [4.69, 9.17) is 15.2 Å². The highest BCUT2D eigenvalue weighted by atomic mass is 16.5. The van der Waals surface area contributed by atoms with Gasteiger partial charge in [-0.2, -0.15) is 0 Å². The van der Waals surface area contributed by atoms with Gasteiger partial charge in [-0.1, -0.05) is 0 Å². The number of nitrogens with two attached hydrogens (primary N) is 1. The third-order valence-corrected chi connectivity index (χ3v) is 2.39. The number of anilines is 1. The molecular formula is C13H20N2O3. The summed E-state index contributed by atoms with van der Waals surface area (Å²) in [6.07, 6.45) is 4.74. The normalized spacial score (nSPS) is 10.1. The Labute approximate surface area is 107 Å². The topological polar surface area (TPSA) is 74.4 Å². The molecule has 100 valence electrons. The SMILES string of the molecule is CCOC(=O)CCCCCOc1cccnc1N. The van der Waals surface area contributed by atoms with Crippen molar-refractivity contribution in [1.82, 2.24) is 4.98 Å². The van der Waals surface area contributed by atoms with Crippen molar-refractivity contribution in [3.63, 3.8) is 0 Å². The van der Waals surface area contributed by atoms with Crippen molar-refractivity contribution in [2.75, 3.05) is 18.9 Å². The maximum Gasteiger partial charge on any atom is 0.305 e. The first-order valence-corrected chi connectivity index (χ1v) is 6.23. The lowest BCUT2D eigenvalue weighted by molar-refractivity contribution is -0.143. The van der Waals surface area contributed by atoms with Gasteiger partial charge in [-0.3, -0.25) is 4.79 Å². The first-order valence-electron chi connectivity index (χ1n) is 6.23. The van der Waals surface area contributed by atoms with Crippen LogP contribution in [0.3, 0.4) is 0 Å². The van der Waals surface area contributed by atoms with Gasteiger partial charge in [0.25, 0.3) is 0 Å². The largest absolute Gasteiger partial charge is 0.490 e. The molecule has 1 aromatic rings. The smallest absolute Gasteiger partial charge is 0.305 e. The zero-order valence-corrected chi connectivity index (χ0v) is 10.7. The van der Waals surface area contributed by atoms with Gasteiger partial charge in [0, 0.05) is 12.6 Å². The standard InChI is InChI=1S/C13H20N2O3/c1-2-17-12(16)8-4-3-5-10-18-11-7-6-9-15-13(11)14/h6-7,9H,2-5,8,10H2,1H3,(H2,14,15). The number of nitrogen functional groups attached to an aromatic ring is 1. The lowest BCUT2D eigenvalue weighted by Gasteiger charge is -2.07. The minimum atomic E-state index is -0.130. The molecule has 0 aliphatic carbocycles. The molecular weight excluding hydrogens is 232 g/mol. The Morgan fingerprint density at radius 1 is 1.39 bits per heavy atom. The molecule has 0 saturated heterocycles. The van der Waals surface area contributed by atoms with Crippen LogP contribution in [0.5, 0.6) is 5.75 Å². The van der Waals surface area contributed by atoms with Crippen LogP contribution in [0.2, 0.25) is 0 Å². The van der Waals surface area contributed by atoms with E-state index in [0.29, 0.717) is 31.2 Å². The molecule has 0 spiro atoms. The maximum absolute atomic E-state index is 11.1. The number of carbonyl (C=O) groups is 1. The summed E-state index contributed by atoms with van der Waals surface area (Å²) in [7, 11) is 0. The Morgan fingerprint density at radius 3 is 2.94 bits per heavy atom. The molecule has 0 unspecified atom stereocenters. The van der Waals surface area contributed by atoms with Gasteiger partial charge in [-0.25, -0.2) is 4.98 Å². The van der Waals surface area contributed by atoms with Crippen LogP contribution in [0.15, 0.2) is 18.3 Å². The van der Waals surface area contributed by atoms with Crippen molar-refractivity contribution in [2.45, 2.75) is 32.6 Å². The number of rotatable bonds is 8. The molecule has 5 heteroatoms. The molecule has 0 bridgehead atoms. The summed E-state index contributed by atoms with van der Waals surface area (Å²) in [5, 5.41) is 0. The lowest BCUT2D eigenvalue weighted by Crippen LogP contribution is -2.04. The summed E-state index contributed by atoms with van der Waals surface area (Å²) in [5.74, 6) is 0.891. The predicted molar refractivity (Wildman–Crippen MR) is 69.2 cm³/mol. The highest BCUT2D eigenvalue weighted by Crippen LogP contribution is 2.17. The Kier molecular flexibility index (Phi) is 6.61. The second-order valence-electron chi connectivity index (χ2n) is 3.85. The zero-order valence-electron chi connectivity index (χ0n) is 10.7. The maximum atomic E-state index is 11.1. The average Bonchev–Trinajstić information content (AvgIpc) is 2.36. The second kappa shape index (κ2) is 8.33. The van der Waals surface area contributed by atoms with Crippen molar-refractivity contribution in [3.05, 3.63) is 18.3 Å². The van der Waals surface area contributed by atoms with E-state index in [2.05, 4.69) is 4.98 Å². The summed E-state index contributed by atoms with van der Waals surface area (Å²) < 4.78 is 10.3. The van der Waals surface area contributed by atoms with Gasteiger partial charge in [0.1, 0.15) is 0 Å². The number of aromatic nitrogens is 1. The van der Waals surface area contributed by atoms with E-state index >= 15 is 0 Å². The summed E-state index contributed by atoms with van der Waals surface area (Å²) in [6.45, 7) is 2.84. The molecule has 0 aliphatic rings. The van der Waals surface area contributed by atoms with Crippen LogP contribution < -0.4 is 10.5 Å². The summed E-state index contributed by atoms with van der Waals surface area (Å²) in [5.41, 5.74) is 5.64. The van der Waals surface area contributed by atoms with Gasteiger partial charge < -0.3 is 15.2 Å². The number of ether oxygens (including phenoxy) is 2. The van der Waals surface area contributed by atoms with E-state index in [1.807, 2.05) is 6.92 Å². The fourth-order valence-corrected chi connectivity index (χ4v) is 1.49. The minimum Gasteiger partial charge on any atom is -0.490 e. The number of esters is 1. The van der Waals surface area contributed by atoms with Gasteiger partial charge >= 0.3 is 5.97 Å². The molecule has 2 N–H and O–H groups in total. The molecule has 0 saturated carbocycles. The number of hydrogen-bond acceptors (Lipinski definition) is 5. The van der Waals surface area contributed by atoms with Crippen LogP contribution in [0.4, 0.5) is 5.82 Å². The van der Waals surface area contributed by atoms with Crippen molar-refractivity contribution in [2.24, 2.45) is 0 Å². The molecule has 0 aromatic carbocycles. The van der Waals surface area contributed by atoms with E-state index in [1.54, 1.807) is 18.3 Å². The lowest BCUT2D eigenvalue weighted by atomic mass is 10.2. The molecule has 1 heterocycles. The highest BCUT2D eigenvalue weighted by Gasteiger charge is 2.02. The molecule has 5 nitrogen and oxygen atoms in total. The number of pyridine rings is 1. The van der Waals surface area contributed by atoms with Crippen LogP contribution in [0.25, 0.3) is 0 Å². The Hall–Kier alpha value is -1.78. The molecule has 0 atom stereocenters. The molecule has 18 heavy (non-hydrogen) atoms. The Bertz CT molecular complexity index is 369. The molecule has 1 rings (SSSR count). The second-order valence-corrected chi connectivity index (χ2v) is 3.85. The first-order chi connectivity index (χ1) is 8.74. The van der Waals surface area contributed by atoms with Gasteiger partial charge in [-0.15, -0.1) is 0 Å². The van der Waals surface area contributed by atoms with E-state index in [1.165, 1.54) is 0 Å². The predicted octanol–water partition coefficient (Wildman–Crippen LogP) is 2.17. The molecule has 0 amide bonds. The monoisotopic (exact) mass is 252 g/mol. The molecule has 0 fully saturated rings. The summed E-state index contributed by atoms with van der Waals surface area (Å²) >= 11 is 0. The fourth-order valence-electron chi connectivity index (χ4n) is 1.49. The molecule has 1 aromatic heterocycles. The Balaban J connectivity index is 2.06. The van der Waals surface area contributed by atoms with Crippen LogP contribution in [0, 0.1) is 0 Å². The van der Waals surface area contributed by atoms with Crippen molar-refractivity contribution in [1.29, 1.82) is 0 Å². The third-order valence-electron chi connectivity index (χ3n) is 2.39. The molecule has 0 aliphatic heterocycles. The van der Waals surface area contributed by atoms with E-state index in [0.717, 1.165) is 19.3 Å². The van der Waals surface area contributed by atoms with Gasteiger partial charge in [-0.05, 0) is 38.3 Å². The molecule has 0 radical (unpaired) electrons. The number of nitrogens with zero attached hydrogens (tertiary/aromatic N) is 1. The summed E-state index contributed by atoms with van der Waals surface area (Å²) in [4.78, 5) is 15.0. The Morgan fingerprint density at radius 2 is 2.22 bits per heavy atom. The van der Waals surface area contributed by atoms with Gasteiger partial charge in [0.05, 0.1) is 13.2 Å². The number of hydrogen-bond donors (Lipinski definition) is 1.